The molecule has 0 unspecified atom stereocenters. The summed E-state index contributed by atoms with van der Waals surface area (Å²) in [5.41, 5.74) is 1.36. The van der Waals surface area contributed by atoms with Crippen molar-refractivity contribution < 1.29 is 29.0 Å². The molecular formula is C17H16BNO6. The van der Waals surface area contributed by atoms with E-state index in [1.165, 1.54) is 6.07 Å². The van der Waals surface area contributed by atoms with Gasteiger partial charge >= 0.3 is 7.32 Å². The molecule has 0 aliphatic carbocycles. The minimum atomic E-state index is -2.10. The van der Waals surface area contributed by atoms with Crippen LogP contribution < -0.4 is 9.39 Å². The maximum Gasteiger partial charge on any atom is 0.707 e. The van der Waals surface area contributed by atoms with E-state index in [0.717, 1.165) is 5.56 Å². The van der Waals surface area contributed by atoms with Gasteiger partial charge in [0.1, 0.15) is 12.4 Å². The summed E-state index contributed by atoms with van der Waals surface area (Å²) < 4.78 is 16.0. The Bertz CT molecular complexity index is 850. The van der Waals surface area contributed by atoms with Gasteiger partial charge in [-0.15, -0.1) is 0 Å². The highest BCUT2D eigenvalue weighted by Crippen LogP contribution is 2.41. The van der Waals surface area contributed by atoms with Gasteiger partial charge in [0.15, 0.2) is 17.2 Å². The molecule has 0 saturated heterocycles. The van der Waals surface area contributed by atoms with Crippen LogP contribution in [0.25, 0.3) is 11.5 Å². The van der Waals surface area contributed by atoms with E-state index in [-0.39, 0.29) is 23.9 Å². The molecule has 0 fully saturated rings. The first kappa shape index (κ1) is 16.9. The molecule has 0 bridgehead atoms. The number of hydrogen-bond acceptors (Lipinski definition) is 7. The number of rotatable bonds is 6. The normalized spacial score (nSPS) is 10.5. The summed E-state index contributed by atoms with van der Waals surface area (Å²) in [5, 5.41) is 28.3. The Hall–Kier alpha value is -2.97. The number of hydrogen-bond donors (Lipinski definition) is 3. The Kier molecular flexibility index (Phi) is 4.92. The first-order valence-electron chi connectivity index (χ1n) is 7.52. The van der Waals surface area contributed by atoms with Gasteiger partial charge in [-0.05, 0) is 24.6 Å². The summed E-state index contributed by atoms with van der Waals surface area (Å²) >= 11 is 0. The summed E-state index contributed by atoms with van der Waals surface area (Å²) in [5.74, 6) is 0.533. The molecule has 0 aliphatic heterocycles. The van der Waals surface area contributed by atoms with Crippen molar-refractivity contribution in [3.05, 3.63) is 60.0 Å². The van der Waals surface area contributed by atoms with Crippen LogP contribution in [0.1, 0.15) is 11.3 Å². The van der Waals surface area contributed by atoms with E-state index in [2.05, 4.69) is 4.98 Å². The average molecular weight is 341 g/mol. The maximum absolute atomic E-state index is 10.2. The second-order valence-corrected chi connectivity index (χ2v) is 5.32. The minimum Gasteiger partial charge on any atom is -0.506 e. The van der Waals surface area contributed by atoms with Crippen LogP contribution in [0.15, 0.2) is 53.1 Å². The summed E-state index contributed by atoms with van der Waals surface area (Å²) in [6.45, 7) is 1.95. The quantitative estimate of drug-likeness (QED) is 0.591. The van der Waals surface area contributed by atoms with Gasteiger partial charge in [0.2, 0.25) is 5.89 Å². The van der Waals surface area contributed by atoms with Gasteiger partial charge in [0.05, 0.1) is 6.20 Å². The predicted octanol–water partition coefficient (Wildman–Crippen LogP) is 2.28. The van der Waals surface area contributed by atoms with Crippen LogP contribution in [0, 0.1) is 6.92 Å². The van der Waals surface area contributed by atoms with Crippen LogP contribution in [-0.2, 0) is 6.61 Å². The maximum atomic E-state index is 10.2. The molecule has 25 heavy (non-hydrogen) atoms. The topological polar surface area (TPSA) is 105 Å². The van der Waals surface area contributed by atoms with Gasteiger partial charge in [-0.25, -0.2) is 4.98 Å². The Morgan fingerprint density at radius 2 is 1.92 bits per heavy atom. The highest BCUT2D eigenvalue weighted by atomic mass is 16.6. The average Bonchev–Trinajstić information content (AvgIpc) is 3.02. The summed E-state index contributed by atoms with van der Waals surface area (Å²) in [7, 11) is -2.10. The third-order valence-corrected chi connectivity index (χ3v) is 3.36. The number of aromatic hydroxyl groups is 1. The zero-order valence-electron chi connectivity index (χ0n) is 13.4. The van der Waals surface area contributed by atoms with Crippen LogP contribution in [0.5, 0.6) is 17.2 Å². The molecule has 7 nitrogen and oxygen atoms in total. The molecule has 0 amide bonds. The predicted molar refractivity (Wildman–Crippen MR) is 89.9 cm³/mol. The van der Waals surface area contributed by atoms with E-state index in [0.29, 0.717) is 17.2 Å². The molecule has 0 aliphatic rings. The van der Waals surface area contributed by atoms with Crippen molar-refractivity contribution in [2.24, 2.45) is 0 Å². The van der Waals surface area contributed by atoms with Gasteiger partial charge in [-0.3, -0.25) is 0 Å². The lowest BCUT2D eigenvalue weighted by atomic mass is 10.1. The SMILES string of the molecule is Cc1cnc(-c2cc(O)c(OB(O)O)c(OCc3ccccc3)c2)o1. The number of oxazole rings is 1. The molecule has 0 atom stereocenters. The highest BCUT2D eigenvalue weighted by Gasteiger charge is 2.21. The summed E-state index contributed by atoms with van der Waals surface area (Å²) in [6, 6.07) is 12.3. The standard InChI is InChI=1S/C17H16BNO6/c1-11-9-19-17(24-11)13-7-14(20)16(25-18(21)22)15(8-13)23-10-12-5-3-2-4-6-12/h2-9,20-22H,10H2,1H3. The van der Waals surface area contributed by atoms with Gasteiger partial charge in [0, 0.05) is 5.56 Å². The first-order valence-corrected chi connectivity index (χ1v) is 7.52. The van der Waals surface area contributed by atoms with Crippen molar-refractivity contribution in [3.8, 4) is 28.7 Å². The van der Waals surface area contributed by atoms with E-state index < -0.39 is 7.32 Å². The molecule has 3 aromatic rings. The minimum absolute atomic E-state index is 0.128. The fourth-order valence-electron chi connectivity index (χ4n) is 2.27. The van der Waals surface area contributed by atoms with E-state index in [9.17, 15) is 5.11 Å². The van der Waals surface area contributed by atoms with Gasteiger partial charge in [0.25, 0.3) is 0 Å². The van der Waals surface area contributed by atoms with Crippen molar-refractivity contribution >= 4 is 7.32 Å². The first-order chi connectivity index (χ1) is 12.0. The molecule has 0 saturated carbocycles. The van der Waals surface area contributed by atoms with Crippen LogP contribution >= 0.6 is 0 Å². The number of benzene rings is 2. The number of aromatic nitrogens is 1. The van der Waals surface area contributed by atoms with Crippen LogP contribution in [-0.4, -0.2) is 27.5 Å². The summed E-state index contributed by atoms with van der Waals surface area (Å²) in [6.07, 6.45) is 1.55. The Labute approximate surface area is 144 Å². The van der Waals surface area contributed by atoms with Crippen molar-refractivity contribution in [1.29, 1.82) is 0 Å². The molecule has 128 valence electrons. The Balaban J connectivity index is 1.95. The molecule has 2 aromatic carbocycles. The Morgan fingerprint density at radius 1 is 1.16 bits per heavy atom. The molecule has 0 spiro atoms. The van der Waals surface area contributed by atoms with E-state index >= 15 is 0 Å². The second kappa shape index (κ2) is 7.29. The van der Waals surface area contributed by atoms with Gasteiger partial charge in [-0.2, -0.15) is 0 Å². The van der Waals surface area contributed by atoms with Crippen LogP contribution in [0.3, 0.4) is 0 Å². The molecular weight excluding hydrogens is 325 g/mol. The largest absolute Gasteiger partial charge is 0.707 e. The third kappa shape index (κ3) is 4.12. The molecule has 8 heteroatoms. The smallest absolute Gasteiger partial charge is 0.506 e. The lowest BCUT2D eigenvalue weighted by Gasteiger charge is -2.15. The van der Waals surface area contributed by atoms with Crippen LogP contribution in [0.4, 0.5) is 0 Å². The summed E-state index contributed by atoms with van der Waals surface area (Å²) in [4.78, 5) is 4.10. The lowest BCUT2D eigenvalue weighted by Crippen LogP contribution is -2.21. The van der Waals surface area contributed by atoms with Gasteiger partial charge in [-0.1, -0.05) is 30.3 Å². The van der Waals surface area contributed by atoms with Crippen molar-refractivity contribution in [1.82, 2.24) is 4.98 Å². The van der Waals surface area contributed by atoms with E-state index in [1.807, 2.05) is 30.3 Å². The highest BCUT2D eigenvalue weighted by molar-refractivity contribution is 6.34. The molecule has 3 N–H and O–H groups in total. The van der Waals surface area contributed by atoms with Crippen molar-refractivity contribution in [3.63, 3.8) is 0 Å². The number of phenols is 1. The zero-order chi connectivity index (χ0) is 17.8. The lowest BCUT2D eigenvalue weighted by molar-refractivity contribution is 0.255. The van der Waals surface area contributed by atoms with E-state index in [1.54, 1.807) is 19.2 Å². The molecule has 3 rings (SSSR count). The second-order valence-electron chi connectivity index (χ2n) is 5.32. The monoisotopic (exact) mass is 341 g/mol. The van der Waals surface area contributed by atoms with E-state index in [4.69, 9.17) is 23.9 Å². The number of aryl methyl sites for hydroxylation is 1. The fraction of sp³-hybridized carbons (Fsp3) is 0.118. The zero-order valence-corrected chi connectivity index (χ0v) is 13.4. The molecule has 1 aromatic heterocycles. The van der Waals surface area contributed by atoms with Crippen LogP contribution in [0.2, 0.25) is 0 Å². The number of nitrogens with zero attached hydrogens (tertiary/aromatic N) is 1. The number of ether oxygens (including phenoxy) is 1. The molecule has 0 radical (unpaired) electrons. The molecule has 1 heterocycles. The Morgan fingerprint density at radius 3 is 2.56 bits per heavy atom. The van der Waals surface area contributed by atoms with Crippen molar-refractivity contribution in [2.75, 3.05) is 0 Å². The number of phenolic OH excluding ortho intramolecular Hbond substituents is 1. The van der Waals surface area contributed by atoms with Crippen molar-refractivity contribution in [2.45, 2.75) is 13.5 Å². The van der Waals surface area contributed by atoms with Gasteiger partial charge < -0.3 is 29.0 Å². The fourth-order valence-corrected chi connectivity index (χ4v) is 2.27. The third-order valence-electron chi connectivity index (χ3n) is 3.36.